The van der Waals surface area contributed by atoms with Gasteiger partial charge in [-0.05, 0) is 42.3 Å². The van der Waals surface area contributed by atoms with Gasteiger partial charge in [-0.25, -0.2) is 0 Å². The molecule has 0 aliphatic rings. The molecule has 0 bridgehead atoms. The lowest BCUT2D eigenvalue weighted by Crippen LogP contribution is -2.28. The van der Waals surface area contributed by atoms with E-state index in [-0.39, 0.29) is 0 Å². The third-order valence-electron chi connectivity index (χ3n) is 3.15. The third kappa shape index (κ3) is 2.49. The monoisotopic (exact) mass is 308 g/mol. The molecule has 0 spiro atoms. The Bertz CT molecular complexity index is 546. The fourth-order valence-electron chi connectivity index (χ4n) is 2.01. The molecule has 1 N–H and O–H groups in total. The van der Waals surface area contributed by atoms with Crippen molar-refractivity contribution < 1.29 is 5.11 Å². The molecule has 0 saturated heterocycles. The van der Waals surface area contributed by atoms with E-state index in [0.717, 1.165) is 21.4 Å². The SMILES string of the molecule is Cc1nn(CC(C)(O)c2ccccc2)c(C)c1Br. The van der Waals surface area contributed by atoms with Gasteiger partial charge < -0.3 is 5.11 Å². The van der Waals surface area contributed by atoms with E-state index in [1.54, 1.807) is 0 Å². The molecule has 0 amide bonds. The van der Waals surface area contributed by atoms with Gasteiger partial charge in [0.2, 0.25) is 0 Å². The molecule has 0 fully saturated rings. The van der Waals surface area contributed by atoms with Crippen LogP contribution in [-0.4, -0.2) is 14.9 Å². The van der Waals surface area contributed by atoms with E-state index in [4.69, 9.17) is 0 Å². The zero-order valence-corrected chi connectivity index (χ0v) is 12.4. The van der Waals surface area contributed by atoms with Crippen LogP contribution in [-0.2, 0) is 12.1 Å². The van der Waals surface area contributed by atoms with E-state index in [2.05, 4.69) is 21.0 Å². The molecule has 3 nitrogen and oxygen atoms in total. The number of aliphatic hydroxyl groups is 1. The van der Waals surface area contributed by atoms with Gasteiger partial charge in [0.15, 0.2) is 0 Å². The van der Waals surface area contributed by atoms with Gasteiger partial charge in [-0.1, -0.05) is 30.3 Å². The summed E-state index contributed by atoms with van der Waals surface area (Å²) in [5, 5.41) is 15.0. The Morgan fingerprint density at radius 2 is 1.89 bits per heavy atom. The van der Waals surface area contributed by atoms with Crippen molar-refractivity contribution in [2.24, 2.45) is 0 Å². The summed E-state index contributed by atoms with van der Waals surface area (Å²) in [5.74, 6) is 0. The minimum absolute atomic E-state index is 0.440. The van der Waals surface area contributed by atoms with E-state index in [1.807, 2.05) is 55.8 Å². The average molecular weight is 309 g/mol. The Kier molecular flexibility index (Phi) is 3.59. The van der Waals surface area contributed by atoms with Crippen LogP contribution in [0.15, 0.2) is 34.8 Å². The molecule has 1 aromatic heterocycles. The van der Waals surface area contributed by atoms with Crippen molar-refractivity contribution in [1.82, 2.24) is 9.78 Å². The lowest BCUT2D eigenvalue weighted by molar-refractivity contribution is 0.0339. The normalized spacial score (nSPS) is 14.5. The first-order valence-corrected chi connectivity index (χ1v) is 6.68. The third-order valence-corrected chi connectivity index (χ3v) is 4.29. The molecule has 0 aliphatic heterocycles. The van der Waals surface area contributed by atoms with Gasteiger partial charge in [0.05, 0.1) is 16.7 Å². The molecule has 2 rings (SSSR count). The first-order chi connectivity index (χ1) is 8.42. The lowest BCUT2D eigenvalue weighted by Gasteiger charge is -2.24. The average Bonchev–Trinajstić information content (AvgIpc) is 2.58. The highest BCUT2D eigenvalue weighted by molar-refractivity contribution is 9.10. The molecule has 1 aromatic carbocycles. The second-order valence-corrected chi connectivity index (χ2v) is 5.58. The molecule has 1 unspecified atom stereocenters. The molecule has 2 aromatic rings. The minimum Gasteiger partial charge on any atom is -0.384 e. The number of benzene rings is 1. The van der Waals surface area contributed by atoms with E-state index in [9.17, 15) is 5.11 Å². The Hall–Kier alpha value is -1.13. The maximum atomic E-state index is 10.6. The fourth-order valence-corrected chi connectivity index (χ4v) is 2.29. The number of hydrogen-bond acceptors (Lipinski definition) is 2. The van der Waals surface area contributed by atoms with Gasteiger partial charge in [-0.15, -0.1) is 0 Å². The molecule has 0 aliphatic carbocycles. The van der Waals surface area contributed by atoms with E-state index in [0.29, 0.717) is 6.54 Å². The van der Waals surface area contributed by atoms with Crippen LogP contribution in [0.3, 0.4) is 0 Å². The summed E-state index contributed by atoms with van der Waals surface area (Å²) in [6, 6.07) is 9.67. The highest BCUT2D eigenvalue weighted by Crippen LogP contribution is 2.26. The summed E-state index contributed by atoms with van der Waals surface area (Å²) in [4.78, 5) is 0. The van der Waals surface area contributed by atoms with Crippen molar-refractivity contribution in [3.63, 3.8) is 0 Å². The van der Waals surface area contributed by atoms with Crippen LogP contribution in [0.1, 0.15) is 23.9 Å². The fraction of sp³-hybridized carbons (Fsp3) is 0.357. The molecule has 1 atom stereocenters. The standard InChI is InChI=1S/C14H17BrN2O/c1-10-13(15)11(2)17(16-10)9-14(3,18)12-7-5-4-6-8-12/h4-8,18H,9H2,1-3H3. The predicted octanol–water partition coefficient (Wildman–Crippen LogP) is 3.17. The van der Waals surface area contributed by atoms with Crippen LogP contribution >= 0.6 is 15.9 Å². The quantitative estimate of drug-likeness (QED) is 0.946. The van der Waals surface area contributed by atoms with Crippen LogP contribution in [0.25, 0.3) is 0 Å². The van der Waals surface area contributed by atoms with Crippen LogP contribution in [0.4, 0.5) is 0 Å². The summed E-state index contributed by atoms with van der Waals surface area (Å²) < 4.78 is 2.85. The van der Waals surface area contributed by atoms with Crippen LogP contribution in [0, 0.1) is 13.8 Å². The van der Waals surface area contributed by atoms with Crippen LogP contribution in [0.5, 0.6) is 0 Å². The Morgan fingerprint density at radius 3 is 2.39 bits per heavy atom. The lowest BCUT2D eigenvalue weighted by atomic mass is 9.96. The van der Waals surface area contributed by atoms with Crippen molar-refractivity contribution in [3.05, 3.63) is 51.8 Å². The summed E-state index contributed by atoms with van der Waals surface area (Å²) in [5.41, 5.74) is 1.94. The Labute approximate surface area is 116 Å². The zero-order valence-electron chi connectivity index (χ0n) is 10.8. The molecule has 1 heterocycles. The molecule has 96 valence electrons. The number of nitrogens with zero attached hydrogens (tertiary/aromatic N) is 2. The number of hydrogen-bond donors (Lipinski definition) is 1. The highest BCUT2D eigenvalue weighted by Gasteiger charge is 2.25. The molecule has 0 radical (unpaired) electrons. The molecule has 18 heavy (non-hydrogen) atoms. The number of aryl methyl sites for hydroxylation is 1. The predicted molar refractivity (Wildman–Crippen MR) is 75.4 cm³/mol. The maximum Gasteiger partial charge on any atom is 0.106 e. The van der Waals surface area contributed by atoms with Gasteiger partial charge >= 0.3 is 0 Å². The minimum atomic E-state index is -0.927. The largest absolute Gasteiger partial charge is 0.384 e. The second kappa shape index (κ2) is 4.86. The van der Waals surface area contributed by atoms with Gasteiger partial charge in [0.1, 0.15) is 5.60 Å². The van der Waals surface area contributed by atoms with Gasteiger partial charge in [-0.2, -0.15) is 5.10 Å². The Balaban J connectivity index is 2.30. The molecular formula is C14H17BrN2O. The number of rotatable bonds is 3. The first-order valence-electron chi connectivity index (χ1n) is 5.89. The summed E-state index contributed by atoms with van der Waals surface area (Å²) in [6.45, 7) is 6.19. The topological polar surface area (TPSA) is 38.0 Å². The maximum absolute atomic E-state index is 10.6. The first kappa shape index (κ1) is 13.3. The Morgan fingerprint density at radius 1 is 1.28 bits per heavy atom. The highest BCUT2D eigenvalue weighted by atomic mass is 79.9. The van der Waals surface area contributed by atoms with Crippen molar-refractivity contribution in [2.45, 2.75) is 32.9 Å². The van der Waals surface area contributed by atoms with Gasteiger partial charge in [0.25, 0.3) is 0 Å². The molecular weight excluding hydrogens is 292 g/mol. The van der Waals surface area contributed by atoms with E-state index < -0.39 is 5.60 Å². The van der Waals surface area contributed by atoms with Gasteiger partial charge in [-0.3, -0.25) is 4.68 Å². The van der Waals surface area contributed by atoms with Crippen molar-refractivity contribution in [3.8, 4) is 0 Å². The van der Waals surface area contributed by atoms with Crippen molar-refractivity contribution in [2.75, 3.05) is 0 Å². The summed E-state index contributed by atoms with van der Waals surface area (Å²) in [6.07, 6.45) is 0. The number of halogens is 1. The molecule has 0 saturated carbocycles. The van der Waals surface area contributed by atoms with Crippen LogP contribution in [0.2, 0.25) is 0 Å². The van der Waals surface area contributed by atoms with Crippen LogP contribution < -0.4 is 0 Å². The summed E-state index contributed by atoms with van der Waals surface area (Å²) >= 11 is 3.50. The van der Waals surface area contributed by atoms with Crippen molar-refractivity contribution in [1.29, 1.82) is 0 Å². The summed E-state index contributed by atoms with van der Waals surface area (Å²) in [7, 11) is 0. The van der Waals surface area contributed by atoms with Gasteiger partial charge in [0, 0.05) is 5.69 Å². The zero-order chi connectivity index (χ0) is 13.3. The molecule has 4 heteroatoms. The van der Waals surface area contributed by atoms with E-state index in [1.165, 1.54) is 0 Å². The number of aromatic nitrogens is 2. The van der Waals surface area contributed by atoms with E-state index >= 15 is 0 Å². The van der Waals surface area contributed by atoms with Crippen molar-refractivity contribution >= 4 is 15.9 Å². The second-order valence-electron chi connectivity index (χ2n) is 4.78. The smallest absolute Gasteiger partial charge is 0.106 e.